The molecule has 1 aliphatic rings. The van der Waals surface area contributed by atoms with E-state index in [1.807, 2.05) is 31.2 Å². The lowest BCUT2D eigenvalue weighted by Crippen LogP contribution is -2.41. The van der Waals surface area contributed by atoms with Crippen molar-refractivity contribution in [2.24, 2.45) is 13.0 Å². The predicted molar refractivity (Wildman–Crippen MR) is 94.5 cm³/mol. The van der Waals surface area contributed by atoms with Gasteiger partial charge in [0, 0.05) is 37.9 Å². The molecule has 1 aromatic carbocycles. The summed E-state index contributed by atoms with van der Waals surface area (Å²) in [6.45, 7) is 2.62. The highest BCUT2D eigenvalue weighted by Crippen LogP contribution is 2.24. The normalized spacial score (nSPS) is 16.7. The molecule has 8 heteroatoms. The molecule has 3 rings (SSSR count). The molecule has 0 radical (unpaired) electrons. The Kier molecular flexibility index (Phi) is 4.91. The van der Waals surface area contributed by atoms with Gasteiger partial charge in [-0.3, -0.25) is 4.79 Å². The molecule has 2 heterocycles. The molecule has 0 aliphatic carbocycles. The fourth-order valence-corrected chi connectivity index (χ4v) is 4.42. The van der Waals surface area contributed by atoms with Crippen LogP contribution < -0.4 is 5.32 Å². The standard InChI is InChI=1S/C17H22N4O3S/c1-13-4-3-5-15(10-13)19-17(22)14-6-8-21(9-7-14)25(23,24)16-11-20(2)12-18-16/h3-5,10-12,14H,6-9H2,1-2H3,(H,19,22). The molecule has 1 saturated heterocycles. The Morgan fingerprint density at radius 1 is 1.28 bits per heavy atom. The van der Waals surface area contributed by atoms with Crippen LogP contribution in [0.15, 0.2) is 41.8 Å². The number of amides is 1. The zero-order valence-corrected chi connectivity index (χ0v) is 15.2. The summed E-state index contributed by atoms with van der Waals surface area (Å²) in [4.78, 5) is 16.3. The first-order valence-corrected chi connectivity index (χ1v) is 9.66. The molecule has 1 aliphatic heterocycles. The number of anilines is 1. The number of piperidine rings is 1. The predicted octanol–water partition coefficient (Wildman–Crippen LogP) is 1.77. The maximum Gasteiger partial charge on any atom is 0.262 e. The average molecular weight is 362 g/mol. The van der Waals surface area contributed by atoms with Crippen LogP contribution in [0.4, 0.5) is 5.69 Å². The lowest BCUT2D eigenvalue weighted by atomic mass is 9.97. The second-order valence-electron chi connectivity index (χ2n) is 6.41. The van der Waals surface area contributed by atoms with Crippen molar-refractivity contribution in [1.29, 1.82) is 0 Å². The van der Waals surface area contributed by atoms with Gasteiger partial charge in [0.1, 0.15) is 0 Å². The van der Waals surface area contributed by atoms with Gasteiger partial charge in [-0.2, -0.15) is 4.31 Å². The summed E-state index contributed by atoms with van der Waals surface area (Å²) in [6, 6.07) is 7.63. The van der Waals surface area contributed by atoms with Crippen molar-refractivity contribution in [3.05, 3.63) is 42.4 Å². The minimum absolute atomic E-state index is 0.0534. The SMILES string of the molecule is Cc1cccc(NC(=O)C2CCN(S(=O)(=O)c3cn(C)cn3)CC2)c1. The van der Waals surface area contributed by atoms with Crippen molar-refractivity contribution in [3.8, 4) is 0 Å². The zero-order chi connectivity index (χ0) is 18.0. The molecule has 134 valence electrons. The molecule has 2 aromatic rings. The number of hydrogen-bond acceptors (Lipinski definition) is 4. The Bertz CT molecular complexity index is 868. The van der Waals surface area contributed by atoms with E-state index < -0.39 is 10.0 Å². The van der Waals surface area contributed by atoms with Crippen LogP contribution in [0.2, 0.25) is 0 Å². The van der Waals surface area contributed by atoms with Crippen LogP contribution in [-0.2, 0) is 21.9 Å². The van der Waals surface area contributed by atoms with Crippen molar-refractivity contribution in [2.45, 2.75) is 24.8 Å². The van der Waals surface area contributed by atoms with Gasteiger partial charge in [0.2, 0.25) is 5.91 Å². The van der Waals surface area contributed by atoms with Crippen LogP contribution in [0.25, 0.3) is 0 Å². The van der Waals surface area contributed by atoms with E-state index in [-0.39, 0.29) is 16.9 Å². The second kappa shape index (κ2) is 6.97. The summed E-state index contributed by atoms with van der Waals surface area (Å²) < 4.78 is 28.1. The minimum atomic E-state index is -3.59. The third-order valence-electron chi connectivity index (χ3n) is 4.40. The monoisotopic (exact) mass is 362 g/mol. The van der Waals surface area contributed by atoms with Crippen molar-refractivity contribution in [2.75, 3.05) is 18.4 Å². The van der Waals surface area contributed by atoms with Gasteiger partial charge in [0.15, 0.2) is 5.03 Å². The molecule has 0 atom stereocenters. The van der Waals surface area contributed by atoms with Gasteiger partial charge in [-0.05, 0) is 37.5 Å². The Labute approximate surface area is 147 Å². The van der Waals surface area contributed by atoms with E-state index >= 15 is 0 Å². The number of carbonyl (C=O) groups excluding carboxylic acids is 1. The lowest BCUT2D eigenvalue weighted by Gasteiger charge is -2.29. The van der Waals surface area contributed by atoms with E-state index in [2.05, 4.69) is 10.3 Å². The maximum atomic E-state index is 12.6. The maximum absolute atomic E-state index is 12.6. The molecule has 0 bridgehead atoms. The molecule has 0 spiro atoms. The molecule has 0 saturated carbocycles. The topological polar surface area (TPSA) is 84.3 Å². The first-order chi connectivity index (χ1) is 11.9. The van der Waals surface area contributed by atoms with Crippen LogP contribution in [0.1, 0.15) is 18.4 Å². The zero-order valence-electron chi connectivity index (χ0n) is 14.3. The molecule has 1 amide bonds. The van der Waals surface area contributed by atoms with Gasteiger partial charge in [0.05, 0.1) is 6.33 Å². The summed E-state index contributed by atoms with van der Waals surface area (Å²) in [5.74, 6) is -0.240. The van der Waals surface area contributed by atoms with E-state index in [0.29, 0.717) is 25.9 Å². The van der Waals surface area contributed by atoms with Gasteiger partial charge in [-0.15, -0.1) is 0 Å². The third kappa shape index (κ3) is 3.91. The Balaban J connectivity index is 1.61. The highest BCUT2D eigenvalue weighted by Gasteiger charge is 2.33. The number of nitrogens with one attached hydrogen (secondary N) is 1. The van der Waals surface area contributed by atoms with Crippen LogP contribution >= 0.6 is 0 Å². The van der Waals surface area contributed by atoms with Gasteiger partial charge in [-0.25, -0.2) is 13.4 Å². The molecule has 1 N–H and O–H groups in total. The smallest absolute Gasteiger partial charge is 0.262 e. The number of aromatic nitrogens is 2. The highest BCUT2D eigenvalue weighted by atomic mass is 32.2. The Hall–Kier alpha value is -2.19. The largest absolute Gasteiger partial charge is 0.339 e. The molecular formula is C17H22N4O3S. The fraction of sp³-hybridized carbons (Fsp3) is 0.412. The molecule has 1 aromatic heterocycles. The van der Waals surface area contributed by atoms with Crippen LogP contribution in [-0.4, -0.2) is 41.3 Å². The van der Waals surface area contributed by atoms with Crippen molar-refractivity contribution >= 4 is 21.6 Å². The molecular weight excluding hydrogens is 340 g/mol. The second-order valence-corrected chi connectivity index (χ2v) is 8.30. The van der Waals surface area contributed by atoms with E-state index in [0.717, 1.165) is 11.3 Å². The quantitative estimate of drug-likeness (QED) is 0.898. The summed E-state index contributed by atoms with van der Waals surface area (Å²) in [7, 11) is -1.86. The van der Waals surface area contributed by atoms with Crippen molar-refractivity contribution in [3.63, 3.8) is 0 Å². The fourth-order valence-electron chi connectivity index (χ4n) is 2.98. The minimum Gasteiger partial charge on any atom is -0.339 e. The first kappa shape index (κ1) is 17.6. The number of benzene rings is 1. The summed E-state index contributed by atoms with van der Waals surface area (Å²) >= 11 is 0. The number of carbonyl (C=O) groups is 1. The number of nitrogens with zero attached hydrogens (tertiary/aromatic N) is 3. The van der Waals surface area contributed by atoms with Gasteiger partial charge < -0.3 is 9.88 Å². The van der Waals surface area contributed by atoms with Crippen LogP contribution in [0.5, 0.6) is 0 Å². The molecule has 25 heavy (non-hydrogen) atoms. The van der Waals surface area contributed by atoms with Gasteiger partial charge in [-0.1, -0.05) is 12.1 Å². The summed E-state index contributed by atoms with van der Waals surface area (Å²) in [5, 5.41) is 2.97. The number of aryl methyl sites for hydroxylation is 2. The number of rotatable bonds is 4. The molecule has 0 unspecified atom stereocenters. The van der Waals surface area contributed by atoms with E-state index in [4.69, 9.17) is 0 Å². The summed E-state index contributed by atoms with van der Waals surface area (Å²) in [6.07, 6.45) is 3.97. The van der Waals surface area contributed by atoms with Gasteiger partial charge >= 0.3 is 0 Å². The molecule has 1 fully saturated rings. The third-order valence-corrected chi connectivity index (χ3v) is 6.18. The number of hydrogen-bond donors (Lipinski definition) is 1. The Morgan fingerprint density at radius 3 is 2.60 bits per heavy atom. The van der Waals surface area contributed by atoms with E-state index in [1.54, 1.807) is 11.6 Å². The van der Waals surface area contributed by atoms with E-state index in [1.165, 1.54) is 16.8 Å². The number of sulfonamides is 1. The molecule has 7 nitrogen and oxygen atoms in total. The van der Waals surface area contributed by atoms with Crippen molar-refractivity contribution in [1.82, 2.24) is 13.9 Å². The summed E-state index contributed by atoms with van der Waals surface area (Å²) in [5.41, 5.74) is 1.85. The van der Waals surface area contributed by atoms with Crippen LogP contribution in [0.3, 0.4) is 0 Å². The average Bonchev–Trinajstić information content (AvgIpc) is 3.02. The lowest BCUT2D eigenvalue weighted by molar-refractivity contribution is -0.120. The Morgan fingerprint density at radius 2 is 2.00 bits per heavy atom. The first-order valence-electron chi connectivity index (χ1n) is 8.22. The van der Waals surface area contributed by atoms with Crippen molar-refractivity contribution < 1.29 is 13.2 Å². The number of imidazole rings is 1. The van der Waals surface area contributed by atoms with Crippen LogP contribution in [0, 0.1) is 12.8 Å². The highest BCUT2D eigenvalue weighted by molar-refractivity contribution is 7.89. The van der Waals surface area contributed by atoms with Gasteiger partial charge in [0.25, 0.3) is 10.0 Å². The van der Waals surface area contributed by atoms with E-state index in [9.17, 15) is 13.2 Å².